The average molecular weight is 249 g/mol. The summed E-state index contributed by atoms with van der Waals surface area (Å²) in [4.78, 5) is 10.3. The van der Waals surface area contributed by atoms with Gasteiger partial charge in [0.2, 0.25) is 0 Å². The summed E-state index contributed by atoms with van der Waals surface area (Å²) < 4.78 is 0. The maximum absolute atomic E-state index is 10.3. The van der Waals surface area contributed by atoms with E-state index >= 15 is 0 Å². The molecule has 0 fully saturated rings. The minimum absolute atomic E-state index is 0.278. The van der Waals surface area contributed by atoms with Crippen molar-refractivity contribution < 1.29 is 9.90 Å². The molecule has 1 aromatic rings. The molecule has 0 radical (unpaired) electrons. The van der Waals surface area contributed by atoms with Gasteiger partial charge < -0.3 is 10.4 Å². The van der Waals surface area contributed by atoms with Crippen molar-refractivity contribution in [3.63, 3.8) is 0 Å². The van der Waals surface area contributed by atoms with Crippen LogP contribution in [0, 0.1) is 0 Å². The molecular formula is C15H23NO2. The van der Waals surface area contributed by atoms with Crippen molar-refractivity contribution in [3.05, 3.63) is 35.4 Å². The Morgan fingerprint density at radius 3 is 2.39 bits per heavy atom. The van der Waals surface area contributed by atoms with E-state index in [4.69, 9.17) is 5.11 Å². The highest BCUT2D eigenvalue weighted by molar-refractivity contribution is 5.66. The van der Waals surface area contributed by atoms with Crippen LogP contribution >= 0.6 is 0 Å². The first-order valence-electron chi connectivity index (χ1n) is 6.72. The predicted octanol–water partition coefficient (Wildman–Crippen LogP) is 2.64. The van der Waals surface area contributed by atoms with Crippen LogP contribution in [0.4, 0.5) is 0 Å². The summed E-state index contributed by atoms with van der Waals surface area (Å²) in [6.07, 6.45) is 4.08. The van der Waals surface area contributed by atoms with Crippen LogP contribution in [0.25, 0.3) is 0 Å². The maximum Gasteiger partial charge on any atom is 0.303 e. The summed E-state index contributed by atoms with van der Waals surface area (Å²) >= 11 is 0. The average Bonchev–Trinajstić information content (AvgIpc) is 2.38. The first-order valence-corrected chi connectivity index (χ1v) is 6.72. The van der Waals surface area contributed by atoms with Crippen LogP contribution in [0.2, 0.25) is 0 Å². The number of rotatable bonds is 9. The third kappa shape index (κ3) is 6.40. The second-order valence-electron chi connectivity index (χ2n) is 4.52. The Morgan fingerprint density at radius 2 is 1.78 bits per heavy atom. The molecule has 0 atom stereocenters. The third-order valence-corrected chi connectivity index (χ3v) is 3.02. The molecule has 0 aliphatic rings. The Bertz CT molecular complexity index is 346. The van der Waals surface area contributed by atoms with Crippen LogP contribution in [0.5, 0.6) is 0 Å². The van der Waals surface area contributed by atoms with E-state index in [0.29, 0.717) is 0 Å². The van der Waals surface area contributed by atoms with E-state index in [1.165, 1.54) is 11.1 Å². The number of unbranched alkanes of at least 4 members (excludes halogenated alkanes) is 1. The van der Waals surface area contributed by atoms with Crippen LogP contribution in [0.3, 0.4) is 0 Å². The fraction of sp³-hybridized carbons (Fsp3) is 0.533. The van der Waals surface area contributed by atoms with Gasteiger partial charge >= 0.3 is 5.97 Å². The minimum atomic E-state index is -0.703. The molecule has 0 spiro atoms. The highest BCUT2D eigenvalue weighted by Crippen LogP contribution is 2.05. The van der Waals surface area contributed by atoms with Gasteiger partial charge in [0.1, 0.15) is 0 Å². The molecule has 3 nitrogen and oxygen atoms in total. The summed E-state index contributed by atoms with van der Waals surface area (Å²) in [5, 5.41) is 11.8. The molecule has 1 aromatic carbocycles. The molecule has 1 rings (SSSR count). The van der Waals surface area contributed by atoms with Gasteiger partial charge in [-0.1, -0.05) is 31.2 Å². The number of benzene rings is 1. The third-order valence-electron chi connectivity index (χ3n) is 3.02. The Kier molecular flexibility index (Phi) is 7.11. The van der Waals surface area contributed by atoms with Crippen LogP contribution in [-0.4, -0.2) is 24.2 Å². The van der Waals surface area contributed by atoms with Gasteiger partial charge in [-0.2, -0.15) is 0 Å². The zero-order chi connectivity index (χ0) is 13.2. The summed E-state index contributed by atoms with van der Waals surface area (Å²) in [5.74, 6) is -0.703. The summed E-state index contributed by atoms with van der Waals surface area (Å²) in [5.41, 5.74) is 2.73. The Hall–Kier alpha value is -1.35. The van der Waals surface area contributed by atoms with Crippen molar-refractivity contribution in [2.45, 2.75) is 39.0 Å². The van der Waals surface area contributed by atoms with Gasteiger partial charge in [-0.15, -0.1) is 0 Å². The largest absolute Gasteiger partial charge is 0.481 e. The molecule has 100 valence electrons. The zero-order valence-corrected chi connectivity index (χ0v) is 11.1. The molecule has 0 unspecified atom stereocenters. The van der Waals surface area contributed by atoms with Gasteiger partial charge in [-0.05, 0) is 49.9 Å². The van der Waals surface area contributed by atoms with Crippen molar-refractivity contribution in [2.24, 2.45) is 0 Å². The van der Waals surface area contributed by atoms with Crippen molar-refractivity contribution in [1.82, 2.24) is 5.32 Å². The second kappa shape index (κ2) is 8.70. The topological polar surface area (TPSA) is 49.3 Å². The molecule has 0 heterocycles. The maximum atomic E-state index is 10.3. The van der Waals surface area contributed by atoms with Crippen molar-refractivity contribution in [1.29, 1.82) is 0 Å². The van der Waals surface area contributed by atoms with Gasteiger partial charge in [0.25, 0.3) is 0 Å². The van der Waals surface area contributed by atoms with E-state index in [1.807, 2.05) is 0 Å². The number of hydrogen-bond acceptors (Lipinski definition) is 2. The summed E-state index contributed by atoms with van der Waals surface area (Å²) in [7, 11) is 0. The van der Waals surface area contributed by atoms with Crippen molar-refractivity contribution in [3.8, 4) is 0 Å². The van der Waals surface area contributed by atoms with Gasteiger partial charge in [0, 0.05) is 6.42 Å². The number of carboxylic acids is 1. The van der Waals surface area contributed by atoms with Gasteiger partial charge in [-0.3, -0.25) is 4.79 Å². The Labute approximate surface area is 109 Å². The minimum Gasteiger partial charge on any atom is -0.481 e. The van der Waals surface area contributed by atoms with Crippen molar-refractivity contribution >= 4 is 5.97 Å². The Balaban J connectivity index is 2.05. The number of aliphatic carboxylic acids is 1. The standard InChI is InChI=1S/C15H23NO2/c1-2-13-6-8-14(9-7-13)10-12-16-11-4-3-5-15(17)18/h6-9,16H,2-5,10-12H2,1H3,(H,17,18). The lowest BCUT2D eigenvalue weighted by Gasteiger charge is -2.05. The zero-order valence-electron chi connectivity index (χ0n) is 11.1. The first-order chi connectivity index (χ1) is 8.72. The number of carboxylic acid groups (broad SMARTS) is 1. The van der Waals surface area contributed by atoms with E-state index in [0.717, 1.165) is 38.8 Å². The van der Waals surface area contributed by atoms with E-state index < -0.39 is 5.97 Å². The normalized spacial score (nSPS) is 10.5. The van der Waals surface area contributed by atoms with E-state index in [2.05, 4.69) is 36.5 Å². The molecule has 0 saturated carbocycles. The van der Waals surface area contributed by atoms with E-state index in [1.54, 1.807) is 0 Å². The van der Waals surface area contributed by atoms with E-state index in [9.17, 15) is 4.79 Å². The molecular weight excluding hydrogens is 226 g/mol. The van der Waals surface area contributed by atoms with Crippen LogP contribution in [0.1, 0.15) is 37.3 Å². The molecule has 3 heteroatoms. The number of aryl methyl sites for hydroxylation is 1. The smallest absolute Gasteiger partial charge is 0.303 e. The summed E-state index contributed by atoms with van der Waals surface area (Å²) in [6, 6.07) is 8.74. The fourth-order valence-corrected chi connectivity index (χ4v) is 1.83. The lowest BCUT2D eigenvalue weighted by molar-refractivity contribution is -0.137. The van der Waals surface area contributed by atoms with Crippen LogP contribution in [0.15, 0.2) is 24.3 Å². The highest BCUT2D eigenvalue weighted by atomic mass is 16.4. The number of hydrogen-bond donors (Lipinski definition) is 2. The predicted molar refractivity (Wildman–Crippen MR) is 73.9 cm³/mol. The lowest BCUT2D eigenvalue weighted by atomic mass is 10.1. The molecule has 18 heavy (non-hydrogen) atoms. The van der Waals surface area contributed by atoms with Gasteiger partial charge in [-0.25, -0.2) is 0 Å². The fourth-order valence-electron chi connectivity index (χ4n) is 1.83. The monoisotopic (exact) mass is 249 g/mol. The molecule has 0 bridgehead atoms. The Morgan fingerprint density at radius 1 is 1.11 bits per heavy atom. The molecule has 0 saturated heterocycles. The molecule has 0 aromatic heterocycles. The van der Waals surface area contributed by atoms with Gasteiger partial charge in [0.15, 0.2) is 0 Å². The first kappa shape index (κ1) is 14.7. The second-order valence-corrected chi connectivity index (χ2v) is 4.52. The summed E-state index contributed by atoms with van der Waals surface area (Å²) in [6.45, 7) is 4.02. The highest BCUT2D eigenvalue weighted by Gasteiger charge is 1.96. The van der Waals surface area contributed by atoms with E-state index in [-0.39, 0.29) is 6.42 Å². The quantitative estimate of drug-likeness (QED) is 0.661. The number of carbonyl (C=O) groups is 1. The SMILES string of the molecule is CCc1ccc(CCNCCCCC(=O)O)cc1. The van der Waals surface area contributed by atoms with Crippen molar-refractivity contribution in [2.75, 3.05) is 13.1 Å². The molecule has 2 N–H and O–H groups in total. The van der Waals surface area contributed by atoms with Gasteiger partial charge in [0.05, 0.1) is 0 Å². The van der Waals surface area contributed by atoms with Crippen LogP contribution < -0.4 is 5.32 Å². The molecule has 0 amide bonds. The molecule has 0 aliphatic carbocycles. The lowest BCUT2D eigenvalue weighted by Crippen LogP contribution is -2.18. The number of nitrogens with one attached hydrogen (secondary N) is 1. The molecule has 0 aliphatic heterocycles. The van der Waals surface area contributed by atoms with Crippen LogP contribution in [-0.2, 0) is 17.6 Å².